The average molecular weight is 216 g/mol. The van der Waals surface area contributed by atoms with Crippen molar-refractivity contribution < 1.29 is 13.2 Å². The topological polar surface area (TPSA) is 0 Å². The highest BCUT2D eigenvalue weighted by Gasteiger charge is 2.26. The van der Waals surface area contributed by atoms with Crippen molar-refractivity contribution in [2.45, 2.75) is 38.3 Å². The fourth-order valence-corrected chi connectivity index (χ4v) is 1.56. The molecule has 0 amide bonds. The Morgan fingerprint density at radius 1 is 1.13 bits per heavy atom. The van der Waals surface area contributed by atoms with E-state index in [0.717, 1.165) is 5.56 Å². The van der Waals surface area contributed by atoms with Crippen LogP contribution in [-0.2, 0) is 0 Å². The minimum Gasteiger partial charge on any atom is -0.171 e. The Morgan fingerprint density at radius 3 is 2.27 bits per heavy atom. The number of hydrogen-bond donors (Lipinski definition) is 0. The van der Waals surface area contributed by atoms with Crippen LogP contribution in [0.4, 0.5) is 13.2 Å². The molecule has 0 bridgehead atoms. The summed E-state index contributed by atoms with van der Waals surface area (Å²) >= 11 is 0. The molecule has 1 rings (SSSR count). The molecule has 15 heavy (non-hydrogen) atoms. The SMILES string of the molecule is CC(CCCC(F)(F)F)c1ccccc1. The van der Waals surface area contributed by atoms with Gasteiger partial charge < -0.3 is 0 Å². The third kappa shape index (κ3) is 4.86. The Labute approximate surface area is 88.1 Å². The molecule has 0 aliphatic carbocycles. The summed E-state index contributed by atoms with van der Waals surface area (Å²) in [6.07, 6.45) is -3.90. The van der Waals surface area contributed by atoms with Crippen LogP contribution in [0.3, 0.4) is 0 Å². The molecular formula is C12H15F3. The molecule has 0 saturated carbocycles. The largest absolute Gasteiger partial charge is 0.389 e. The smallest absolute Gasteiger partial charge is 0.171 e. The minimum atomic E-state index is -4.02. The lowest BCUT2D eigenvalue weighted by Gasteiger charge is -2.12. The molecule has 84 valence electrons. The van der Waals surface area contributed by atoms with Gasteiger partial charge in [-0.3, -0.25) is 0 Å². The zero-order chi connectivity index (χ0) is 11.3. The molecule has 0 nitrogen and oxygen atoms in total. The van der Waals surface area contributed by atoms with E-state index < -0.39 is 12.6 Å². The van der Waals surface area contributed by atoms with Crippen molar-refractivity contribution in [3.63, 3.8) is 0 Å². The zero-order valence-corrected chi connectivity index (χ0v) is 8.72. The van der Waals surface area contributed by atoms with Gasteiger partial charge in [0.1, 0.15) is 0 Å². The van der Waals surface area contributed by atoms with Gasteiger partial charge in [-0.05, 0) is 24.3 Å². The van der Waals surface area contributed by atoms with Crippen molar-refractivity contribution >= 4 is 0 Å². The van der Waals surface area contributed by atoms with Gasteiger partial charge in [-0.2, -0.15) is 13.2 Å². The van der Waals surface area contributed by atoms with E-state index in [4.69, 9.17) is 0 Å². The number of alkyl halides is 3. The standard InChI is InChI=1S/C12H15F3/c1-10(6-5-9-12(13,14)15)11-7-3-2-4-8-11/h2-4,7-8,10H,5-6,9H2,1H3. The molecule has 0 radical (unpaired) electrons. The predicted octanol–water partition coefficient (Wildman–Crippen LogP) is 4.52. The first-order valence-electron chi connectivity index (χ1n) is 5.11. The second-order valence-electron chi connectivity index (χ2n) is 3.82. The third-order valence-electron chi connectivity index (χ3n) is 2.47. The fraction of sp³-hybridized carbons (Fsp3) is 0.500. The van der Waals surface area contributed by atoms with Crippen LogP contribution in [0.2, 0.25) is 0 Å². The summed E-state index contributed by atoms with van der Waals surface area (Å²) in [4.78, 5) is 0. The highest BCUT2D eigenvalue weighted by Crippen LogP contribution is 2.26. The Bertz CT molecular complexity index is 277. The van der Waals surface area contributed by atoms with Gasteiger partial charge in [0.25, 0.3) is 0 Å². The molecule has 0 heterocycles. The lowest BCUT2D eigenvalue weighted by molar-refractivity contribution is -0.135. The summed E-state index contributed by atoms with van der Waals surface area (Å²) in [6, 6.07) is 9.65. The lowest BCUT2D eigenvalue weighted by atomic mass is 9.95. The summed E-state index contributed by atoms with van der Waals surface area (Å²) in [5.74, 6) is 0.202. The highest BCUT2D eigenvalue weighted by molar-refractivity contribution is 5.18. The van der Waals surface area contributed by atoms with E-state index in [1.807, 2.05) is 37.3 Å². The van der Waals surface area contributed by atoms with Crippen LogP contribution < -0.4 is 0 Å². The van der Waals surface area contributed by atoms with E-state index in [2.05, 4.69) is 0 Å². The van der Waals surface area contributed by atoms with Crippen molar-refractivity contribution in [1.82, 2.24) is 0 Å². The average Bonchev–Trinajstić information content (AvgIpc) is 2.17. The van der Waals surface area contributed by atoms with Gasteiger partial charge in [-0.15, -0.1) is 0 Å². The lowest BCUT2D eigenvalue weighted by Crippen LogP contribution is -2.07. The minimum absolute atomic E-state index is 0.202. The molecule has 1 aromatic carbocycles. The van der Waals surface area contributed by atoms with Crippen molar-refractivity contribution in [3.05, 3.63) is 35.9 Å². The number of halogens is 3. The number of rotatable bonds is 4. The second kappa shape index (κ2) is 5.19. The maximum absolute atomic E-state index is 11.9. The molecule has 3 heteroatoms. The van der Waals surface area contributed by atoms with Gasteiger partial charge >= 0.3 is 6.18 Å². The molecule has 0 aromatic heterocycles. The zero-order valence-electron chi connectivity index (χ0n) is 8.72. The molecule has 0 spiro atoms. The summed E-state index contributed by atoms with van der Waals surface area (Å²) in [5, 5.41) is 0. The number of hydrogen-bond acceptors (Lipinski definition) is 0. The van der Waals surface area contributed by atoms with Gasteiger partial charge in [-0.1, -0.05) is 37.3 Å². The first-order valence-corrected chi connectivity index (χ1v) is 5.11. The molecule has 1 unspecified atom stereocenters. The van der Waals surface area contributed by atoms with Crippen LogP contribution in [0.25, 0.3) is 0 Å². The molecule has 0 aliphatic rings. The molecular weight excluding hydrogens is 201 g/mol. The van der Waals surface area contributed by atoms with E-state index in [9.17, 15) is 13.2 Å². The van der Waals surface area contributed by atoms with Crippen LogP contribution in [-0.4, -0.2) is 6.18 Å². The quantitative estimate of drug-likeness (QED) is 0.694. The molecule has 1 aromatic rings. The fourth-order valence-electron chi connectivity index (χ4n) is 1.56. The van der Waals surface area contributed by atoms with E-state index in [1.54, 1.807) is 0 Å². The van der Waals surface area contributed by atoms with Crippen molar-refractivity contribution in [2.24, 2.45) is 0 Å². The maximum Gasteiger partial charge on any atom is 0.389 e. The van der Waals surface area contributed by atoms with Gasteiger partial charge in [0.05, 0.1) is 0 Å². The Hall–Kier alpha value is -0.990. The monoisotopic (exact) mass is 216 g/mol. The predicted molar refractivity (Wildman–Crippen MR) is 54.8 cm³/mol. The first-order chi connectivity index (χ1) is 6.99. The Kier molecular flexibility index (Phi) is 4.18. The van der Waals surface area contributed by atoms with Crippen molar-refractivity contribution in [3.8, 4) is 0 Å². The number of benzene rings is 1. The first kappa shape index (κ1) is 12.1. The van der Waals surface area contributed by atoms with E-state index in [0.29, 0.717) is 6.42 Å². The van der Waals surface area contributed by atoms with Gasteiger partial charge in [0.15, 0.2) is 0 Å². The van der Waals surface area contributed by atoms with Crippen molar-refractivity contribution in [1.29, 1.82) is 0 Å². The maximum atomic E-state index is 11.9. The normalized spacial score (nSPS) is 13.9. The Balaban J connectivity index is 2.34. The Morgan fingerprint density at radius 2 is 1.73 bits per heavy atom. The molecule has 0 fully saturated rings. The van der Waals surface area contributed by atoms with E-state index in [-0.39, 0.29) is 12.3 Å². The van der Waals surface area contributed by atoms with E-state index >= 15 is 0 Å². The van der Waals surface area contributed by atoms with Crippen LogP contribution in [0.1, 0.15) is 37.7 Å². The van der Waals surface area contributed by atoms with E-state index in [1.165, 1.54) is 0 Å². The van der Waals surface area contributed by atoms with Crippen LogP contribution in [0.5, 0.6) is 0 Å². The molecule has 0 aliphatic heterocycles. The third-order valence-corrected chi connectivity index (χ3v) is 2.47. The molecule has 0 N–H and O–H groups in total. The molecule has 1 atom stereocenters. The summed E-state index contributed by atoms with van der Waals surface area (Å²) < 4.78 is 35.7. The van der Waals surface area contributed by atoms with Crippen LogP contribution >= 0.6 is 0 Å². The van der Waals surface area contributed by atoms with Crippen molar-refractivity contribution in [2.75, 3.05) is 0 Å². The summed E-state index contributed by atoms with van der Waals surface area (Å²) in [6.45, 7) is 1.96. The van der Waals surface area contributed by atoms with Crippen LogP contribution in [0.15, 0.2) is 30.3 Å². The second-order valence-corrected chi connectivity index (χ2v) is 3.82. The van der Waals surface area contributed by atoms with Crippen LogP contribution in [0, 0.1) is 0 Å². The summed E-state index contributed by atoms with van der Waals surface area (Å²) in [5.41, 5.74) is 1.11. The highest BCUT2D eigenvalue weighted by atomic mass is 19.4. The molecule has 0 saturated heterocycles. The van der Waals surface area contributed by atoms with Gasteiger partial charge in [0.2, 0.25) is 0 Å². The van der Waals surface area contributed by atoms with Gasteiger partial charge in [0, 0.05) is 6.42 Å². The summed E-state index contributed by atoms with van der Waals surface area (Å²) in [7, 11) is 0. The van der Waals surface area contributed by atoms with Gasteiger partial charge in [-0.25, -0.2) is 0 Å².